The van der Waals surface area contributed by atoms with Gasteiger partial charge in [-0.3, -0.25) is 4.21 Å². The van der Waals surface area contributed by atoms with Crippen LogP contribution in [0.2, 0.25) is 0 Å². The predicted octanol–water partition coefficient (Wildman–Crippen LogP) is 0.711. The highest BCUT2D eigenvalue weighted by Crippen LogP contribution is 2.16. The standard InChI is InChI=1S/C10H13NO2S/c12-14(13)7-8-1-2-10-6-11-4-3-9(10)5-8/h1-2,5,11H,3-4,6-7H2,(H,12,13)/p-1. The first-order valence-electron chi connectivity index (χ1n) is 4.63. The van der Waals surface area contributed by atoms with Crippen molar-refractivity contribution in [3.05, 3.63) is 34.9 Å². The van der Waals surface area contributed by atoms with Crippen molar-refractivity contribution in [1.29, 1.82) is 0 Å². The Kier molecular flexibility index (Phi) is 2.96. The molecule has 76 valence electrons. The summed E-state index contributed by atoms with van der Waals surface area (Å²) >= 11 is -1.98. The van der Waals surface area contributed by atoms with Crippen LogP contribution >= 0.6 is 0 Å². The number of rotatable bonds is 2. The summed E-state index contributed by atoms with van der Waals surface area (Å²) in [6, 6.07) is 5.91. The molecule has 1 aliphatic heterocycles. The van der Waals surface area contributed by atoms with E-state index in [2.05, 4.69) is 5.32 Å². The van der Waals surface area contributed by atoms with Gasteiger partial charge >= 0.3 is 0 Å². The van der Waals surface area contributed by atoms with E-state index in [4.69, 9.17) is 0 Å². The van der Waals surface area contributed by atoms with Crippen molar-refractivity contribution < 1.29 is 8.76 Å². The van der Waals surface area contributed by atoms with Crippen molar-refractivity contribution in [2.24, 2.45) is 0 Å². The fourth-order valence-electron chi connectivity index (χ4n) is 1.76. The van der Waals surface area contributed by atoms with Gasteiger partial charge in [0, 0.05) is 12.3 Å². The second-order valence-electron chi connectivity index (χ2n) is 3.48. The van der Waals surface area contributed by atoms with E-state index in [1.54, 1.807) is 0 Å². The number of nitrogens with one attached hydrogen (secondary N) is 1. The molecule has 1 N–H and O–H groups in total. The van der Waals surface area contributed by atoms with E-state index in [1.807, 2.05) is 18.2 Å². The molecule has 1 aliphatic rings. The third kappa shape index (κ3) is 2.20. The summed E-state index contributed by atoms with van der Waals surface area (Å²) in [6.07, 6.45) is 0.995. The van der Waals surface area contributed by atoms with Crippen molar-refractivity contribution in [3.8, 4) is 0 Å². The highest BCUT2D eigenvalue weighted by molar-refractivity contribution is 7.78. The second kappa shape index (κ2) is 4.21. The van der Waals surface area contributed by atoms with Crippen LogP contribution in [0.4, 0.5) is 0 Å². The molecule has 0 saturated carbocycles. The summed E-state index contributed by atoms with van der Waals surface area (Å²) in [4.78, 5) is 0. The molecule has 0 aromatic heterocycles. The van der Waals surface area contributed by atoms with Gasteiger partial charge in [0.05, 0.1) is 0 Å². The van der Waals surface area contributed by atoms with Gasteiger partial charge in [-0.15, -0.1) is 0 Å². The number of hydrogen-bond donors (Lipinski definition) is 1. The minimum absolute atomic E-state index is 0.126. The van der Waals surface area contributed by atoms with Gasteiger partial charge in [0.15, 0.2) is 0 Å². The van der Waals surface area contributed by atoms with E-state index in [9.17, 15) is 8.76 Å². The molecule has 14 heavy (non-hydrogen) atoms. The van der Waals surface area contributed by atoms with Crippen LogP contribution in [0.3, 0.4) is 0 Å². The van der Waals surface area contributed by atoms with Crippen molar-refractivity contribution in [3.63, 3.8) is 0 Å². The third-order valence-corrected chi connectivity index (χ3v) is 3.01. The van der Waals surface area contributed by atoms with E-state index >= 15 is 0 Å². The van der Waals surface area contributed by atoms with Crippen LogP contribution in [0.25, 0.3) is 0 Å². The lowest BCUT2D eigenvalue weighted by Crippen LogP contribution is -2.23. The van der Waals surface area contributed by atoms with Crippen molar-refractivity contribution in [2.45, 2.75) is 18.7 Å². The van der Waals surface area contributed by atoms with Crippen LogP contribution in [0.5, 0.6) is 0 Å². The Balaban J connectivity index is 2.24. The highest BCUT2D eigenvalue weighted by atomic mass is 32.2. The van der Waals surface area contributed by atoms with Gasteiger partial charge in [-0.25, -0.2) is 0 Å². The Bertz CT molecular complexity index is 365. The Morgan fingerprint density at radius 3 is 3.07 bits per heavy atom. The minimum atomic E-state index is -1.98. The van der Waals surface area contributed by atoms with Crippen molar-refractivity contribution >= 4 is 11.1 Å². The minimum Gasteiger partial charge on any atom is -0.772 e. The van der Waals surface area contributed by atoms with E-state index in [1.165, 1.54) is 11.1 Å². The van der Waals surface area contributed by atoms with Crippen LogP contribution in [-0.4, -0.2) is 15.3 Å². The smallest absolute Gasteiger partial charge is 0.0353 e. The number of hydrogen-bond acceptors (Lipinski definition) is 3. The van der Waals surface area contributed by atoms with Gasteiger partial charge in [0.1, 0.15) is 0 Å². The van der Waals surface area contributed by atoms with Crippen LogP contribution in [0.15, 0.2) is 18.2 Å². The molecule has 1 heterocycles. The maximum atomic E-state index is 10.5. The topological polar surface area (TPSA) is 52.2 Å². The molecule has 0 aliphatic carbocycles. The Hall–Kier alpha value is -0.710. The summed E-state index contributed by atoms with van der Waals surface area (Å²) < 4.78 is 21.0. The first-order chi connectivity index (χ1) is 6.75. The molecule has 0 amide bonds. The van der Waals surface area contributed by atoms with Gasteiger partial charge in [0.2, 0.25) is 0 Å². The lowest BCUT2D eigenvalue weighted by molar-refractivity contribution is 0.536. The van der Waals surface area contributed by atoms with Crippen molar-refractivity contribution in [1.82, 2.24) is 5.32 Å². The molecule has 2 rings (SSSR count). The first kappa shape index (κ1) is 9.83. The van der Waals surface area contributed by atoms with Crippen molar-refractivity contribution in [2.75, 3.05) is 6.54 Å². The van der Waals surface area contributed by atoms with Crippen LogP contribution in [0, 0.1) is 0 Å². The quantitative estimate of drug-likeness (QED) is 0.731. The summed E-state index contributed by atoms with van der Waals surface area (Å²) in [5.41, 5.74) is 3.46. The molecule has 4 heteroatoms. The Morgan fingerprint density at radius 1 is 1.43 bits per heavy atom. The molecular weight excluding hydrogens is 198 g/mol. The maximum absolute atomic E-state index is 10.5. The van der Waals surface area contributed by atoms with Gasteiger partial charge in [-0.1, -0.05) is 29.3 Å². The monoisotopic (exact) mass is 210 g/mol. The van der Waals surface area contributed by atoms with Crippen LogP contribution < -0.4 is 5.32 Å². The van der Waals surface area contributed by atoms with Gasteiger partial charge < -0.3 is 9.87 Å². The van der Waals surface area contributed by atoms with Crippen LogP contribution in [-0.2, 0) is 29.8 Å². The average Bonchev–Trinajstić information content (AvgIpc) is 2.17. The summed E-state index contributed by atoms with van der Waals surface area (Å²) in [5.74, 6) is 0.126. The van der Waals surface area contributed by atoms with E-state index in [0.29, 0.717) is 0 Å². The summed E-state index contributed by atoms with van der Waals surface area (Å²) in [5, 5.41) is 3.28. The first-order valence-corrected chi connectivity index (χ1v) is 5.87. The zero-order valence-electron chi connectivity index (χ0n) is 7.79. The molecule has 3 nitrogen and oxygen atoms in total. The Labute approximate surface area is 85.8 Å². The lowest BCUT2D eigenvalue weighted by atomic mass is 9.99. The largest absolute Gasteiger partial charge is 0.772 e. The SMILES string of the molecule is O=S([O-])Cc1ccc2c(c1)CCNC2. The molecular formula is C10H12NO2S-. The summed E-state index contributed by atoms with van der Waals surface area (Å²) in [6.45, 7) is 1.88. The molecule has 1 aromatic rings. The molecule has 0 bridgehead atoms. The fraction of sp³-hybridized carbons (Fsp3) is 0.400. The third-order valence-electron chi connectivity index (χ3n) is 2.44. The average molecular weight is 210 g/mol. The van der Waals surface area contributed by atoms with E-state index in [-0.39, 0.29) is 5.75 Å². The highest BCUT2D eigenvalue weighted by Gasteiger charge is 2.08. The maximum Gasteiger partial charge on any atom is 0.0353 e. The van der Waals surface area contributed by atoms with E-state index in [0.717, 1.165) is 25.1 Å². The number of fused-ring (bicyclic) bond motifs is 1. The van der Waals surface area contributed by atoms with Gasteiger partial charge in [0.25, 0.3) is 0 Å². The lowest BCUT2D eigenvalue weighted by Gasteiger charge is -2.18. The molecule has 0 radical (unpaired) electrons. The summed E-state index contributed by atoms with van der Waals surface area (Å²) in [7, 11) is 0. The van der Waals surface area contributed by atoms with Crippen LogP contribution in [0.1, 0.15) is 16.7 Å². The Morgan fingerprint density at radius 2 is 2.29 bits per heavy atom. The van der Waals surface area contributed by atoms with E-state index < -0.39 is 11.1 Å². The van der Waals surface area contributed by atoms with Gasteiger partial charge in [-0.05, 0) is 29.7 Å². The molecule has 0 saturated heterocycles. The zero-order valence-corrected chi connectivity index (χ0v) is 8.60. The second-order valence-corrected chi connectivity index (χ2v) is 4.37. The zero-order chi connectivity index (χ0) is 9.97. The molecule has 0 fully saturated rings. The van der Waals surface area contributed by atoms with Gasteiger partial charge in [-0.2, -0.15) is 0 Å². The molecule has 1 atom stereocenters. The normalized spacial score (nSPS) is 17.5. The number of benzene rings is 1. The molecule has 0 spiro atoms. The molecule has 1 unspecified atom stereocenters. The predicted molar refractivity (Wildman–Crippen MR) is 54.5 cm³/mol. The fourth-order valence-corrected chi connectivity index (χ4v) is 2.21. The molecule has 1 aromatic carbocycles.